The van der Waals surface area contributed by atoms with E-state index in [1.54, 1.807) is 0 Å². The summed E-state index contributed by atoms with van der Waals surface area (Å²) in [6.07, 6.45) is 1.93. The molecule has 4 heterocycles. The summed E-state index contributed by atoms with van der Waals surface area (Å²) in [6, 6.07) is 22.0. The number of anilines is 1. The Hall–Kier alpha value is -5.63. The van der Waals surface area contributed by atoms with Gasteiger partial charge in [-0.15, -0.1) is 0 Å². The summed E-state index contributed by atoms with van der Waals surface area (Å²) in [7, 11) is 0. The van der Waals surface area contributed by atoms with Gasteiger partial charge in [0, 0.05) is 47.5 Å². The number of aliphatic hydroxyl groups excluding tert-OH is 8. The van der Waals surface area contributed by atoms with Crippen molar-refractivity contribution < 1.29 is 64.5 Å². The van der Waals surface area contributed by atoms with E-state index >= 15 is 0 Å². The largest absolute Gasteiger partial charge is 0.394 e. The molecule has 10 atom stereocenters. The summed E-state index contributed by atoms with van der Waals surface area (Å²) in [6.45, 7) is 7.89. The first kappa shape index (κ1) is 49.8. The predicted octanol–water partition coefficient (Wildman–Crippen LogP) is 2.33. The zero-order valence-electron chi connectivity index (χ0n) is 39.1. The number of hydrogen-bond donors (Lipinski definition) is 10. The van der Waals surface area contributed by atoms with E-state index in [1.807, 2.05) is 66.8 Å². The van der Waals surface area contributed by atoms with Crippen LogP contribution >= 0.6 is 0 Å². The number of carbonyl (C=O) groups excluding carboxylic acids is 2. The molecule has 2 amide bonds. The summed E-state index contributed by atoms with van der Waals surface area (Å²) in [5, 5.41) is 91.5. The number of nitrogens with zero attached hydrogens (tertiary/aromatic N) is 2. The Labute approximate surface area is 400 Å². The van der Waals surface area contributed by atoms with Gasteiger partial charge in [-0.3, -0.25) is 9.59 Å². The van der Waals surface area contributed by atoms with Gasteiger partial charge in [-0.1, -0.05) is 98.8 Å². The molecule has 10 N–H and O–H groups in total. The molecule has 0 bridgehead atoms. The lowest BCUT2D eigenvalue weighted by molar-refractivity contribution is -0.436. The fraction of sp³-hybridized carbons (Fsp3) is 0.415. The van der Waals surface area contributed by atoms with E-state index in [0.29, 0.717) is 0 Å². The van der Waals surface area contributed by atoms with Crippen LogP contribution in [-0.2, 0) is 29.9 Å². The standard InChI is InChI=1S/C53H62N4O12/c1-52(2)38(56(34-22-20-30-14-10-12-16-32(30)42(34)52)26-24-40(60)54-44-48(64)46(62)36(28-58)68-50(44)66)18-8-6-5-7-9-19-39-53(3,4)43-33-17-13-11-15-31(33)21-23-35(43)57(39)27-25-41(61)55-45-49(65)47(63)37(29-59)69-51(45)67/h5-23,36-37,44-51,58-59,62-67H,24-29H2,1-4H3,(H-,54,55,60,61)/p+1/t36?,37?,44-,45-,46-,47-,48?,49?,50?,51?/m0/s1. The molecule has 4 aliphatic heterocycles. The number of ether oxygens (including phenoxy) is 2. The number of fused-ring (bicyclic) bond motifs is 6. The average Bonchev–Trinajstić information content (AvgIpc) is 3.70. The van der Waals surface area contributed by atoms with Crippen molar-refractivity contribution in [1.29, 1.82) is 0 Å². The summed E-state index contributed by atoms with van der Waals surface area (Å²) in [4.78, 5) is 28.9. The monoisotopic (exact) mass is 947 g/mol. The minimum absolute atomic E-state index is 0.0161. The first-order valence-electron chi connectivity index (χ1n) is 23.4. The predicted molar refractivity (Wildman–Crippen MR) is 260 cm³/mol. The third kappa shape index (κ3) is 9.54. The first-order chi connectivity index (χ1) is 33.0. The number of rotatable bonds is 14. The van der Waals surface area contributed by atoms with Crippen molar-refractivity contribution in [1.82, 2.24) is 10.6 Å². The Morgan fingerprint density at radius 1 is 0.638 bits per heavy atom. The molecule has 69 heavy (non-hydrogen) atoms. The maximum Gasteiger partial charge on any atom is 0.226 e. The molecule has 366 valence electrons. The Morgan fingerprint density at radius 2 is 1.16 bits per heavy atom. The van der Waals surface area contributed by atoms with Crippen LogP contribution in [0.1, 0.15) is 51.7 Å². The molecule has 0 aliphatic carbocycles. The van der Waals surface area contributed by atoms with Gasteiger partial charge >= 0.3 is 0 Å². The second kappa shape index (κ2) is 20.4. The highest BCUT2D eigenvalue weighted by atomic mass is 16.6. The van der Waals surface area contributed by atoms with Crippen LogP contribution < -0.4 is 15.5 Å². The van der Waals surface area contributed by atoms with E-state index in [9.17, 15) is 50.4 Å². The van der Waals surface area contributed by atoms with E-state index in [1.165, 1.54) is 0 Å². The van der Waals surface area contributed by atoms with Crippen LogP contribution in [0.2, 0.25) is 0 Å². The lowest BCUT2D eigenvalue weighted by Gasteiger charge is -2.40. The third-order valence-electron chi connectivity index (χ3n) is 14.0. The summed E-state index contributed by atoms with van der Waals surface area (Å²) < 4.78 is 12.6. The zero-order valence-corrected chi connectivity index (χ0v) is 39.1. The maximum absolute atomic E-state index is 13.4. The number of amides is 2. The molecular formula is C53H63N4O12+. The van der Waals surface area contributed by atoms with Crippen LogP contribution in [0.5, 0.6) is 0 Å². The van der Waals surface area contributed by atoms with Gasteiger partial charge in [0.25, 0.3) is 0 Å². The smallest absolute Gasteiger partial charge is 0.226 e. The lowest BCUT2D eigenvalue weighted by Crippen LogP contribution is -2.64. The van der Waals surface area contributed by atoms with E-state index in [-0.39, 0.29) is 25.9 Å². The van der Waals surface area contributed by atoms with Crippen molar-refractivity contribution in [2.45, 2.75) is 113 Å². The number of aliphatic hydroxyl groups is 8. The van der Waals surface area contributed by atoms with E-state index in [2.05, 4.69) is 96.3 Å². The molecule has 4 aromatic carbocycles. The fourth-order valence-corrected chi connectivity index (χ4v) is 10.5. The Bertz CT molecular complexity index is 2730. The molecule has 0 aromatic heterocycles. The number of benzene rings is 4. The van der Waals surface area contributed by atoms with Crippen LogP contribution in [0.4, 0.5) is 11.4 Å². The summed E-state index contributed by atoms with van der Waals surface area (Å²) in [5.74, 6) is -0.941. The van der Waals surface area contributed by atoms with Crippen molar-refractivity contribution in [2.24, 2.45) is 0 Å². The molecule has 0 spiro atoms. The minimum atomic E-state index is -1.63. The van der Waals surface area contributed by atoms with Gasteiger partial charge in [-0.2, -0.15) is 4.58 Å². The highest BCUT2D eigenvalue weighted by Crippen LogP contribution is 2.51. The Balaban J connectivity index is 1.02. The van der Waals surface area contributed by atoms with Gasteiger partial charge in [-0.25, -0.2) is 0 Å². The van der Waals surface area contributed by atoms with E-state index in [4.69, 9.17) is 9.47 Å². The SMILES string of the molecule is CC1(C)C(/C=C/C=C/C=C/C=C2\N(CCC(=O)N[C@@H]3C(O)OC(CO)[C@H](O)C3O)c3ccc4ccccc4c3C2(C)C)=[N+](CCC(=O)N[C@@H]2C(O)OC(CO)[C@H](O)C2O)c2ccc3ccccc3c21. The quantitative estimate of drug-likeness (QED) is 0.0646. The van der Waals surface area contributed by atoms with Crippen molar-refractivity contribution in [3.05, 3.63) is 132 Å². The topological polar surface area (TPSA) is 245 Å². The van der Waals surface area contributed by atoms with Crippen LogP contribution in [0, 0.1) is 0 Å². The highest BCUT2D eigenvalue weighted by Gasteiger charge is 2.48. The van der Waals surface area contributed by atoms with E-state index < -0.39 is 97.1 Å². The number of hydrogen-bond acceptors (Lipinski definition) is 13. The number of carbonyl (C=O) groups is 2. The first-order valence-corrected chi connectivity index (χ1v) is 23.4. The van der Waals surface area contributed by atoms with Crippen molar-refractivity contribution in [3.63, 3.8) is 0 Å². The van der Waals surface area contributed by atoms with Crippen LogP contribution in [0.25, 0.3) is 21.5 Å². The molecule has 0 radical (unpaired) electrons. The summed E-state index contributed by atoms with van der Waals surface area (Å²) in [5.41, 5.74) is 5.06. The van der Waals surface area contributed by atoms with Crippen LogP contribution in [0.15, 0.2) is 121 Å². The van der Waals surface area contributed by atoms with Crippen molar-refractivity contribution in [3.8, 4) is 0 Å². The van der Waals surface area contributed by atoms with Gasteiger partial charge in [0.1, 0.15) is 48.7 Å². The molecule has 4 aliphatic rings. The van der Waals surface area contributed by atoms with E-state index in [0.717, 1.165) is 55.5 Å². The normalized spacial score (nSPS) is 29.2. The molecule has 2 saturated heterocycles. The lowest BCUT2D eigenvalue weighted by atomic mass is 9.79. The van der Waals surface area contributed by atoms with Gasteiger partial charge < -0.3 is 65.9 Å². The highest BCUT2D eigenvalue weighted by molar-refractivity contribution is 6.07. The van der Waals surface area contributed by atoms with Crippen LogP contribution in [-0.4, -0.2) is 151 Å². The average molecular weight is 948 g/mol. The maximum atomic E-state index is 13.4. The number of allylic oxidation sites excluding steroid dienone is 8. The molecule has 16 nitrogen and oxygen atoms in total. The van der Waals surface area contributed by atoms with Gasteiger partial charge in [-0.05, 0) is 59.2 Å². The van der Waals surface area contributed by atoms with Crippen molar-refractivity contribution >= 4 is 50.4 Å². The number of nitrogens with one attached hydrogen (secondary N) is 2. The minimum Gasteiger partial charge on any atom is -0.394 e. The molecule has 16 heteroatoms. The second-order valence-corrected chi connectivity index (χ2v) is 19.1. The van der Waals surface area contributed by atoms with Gasteiger partial charge in [0.15, 0.2) is 24.8 Å². The molecule has 0 saturated carbocycles. The molecule has 6 unspecified atom stereocenters. The Morgan fingerprint density at radius 3 is 1.75 bits per heavy atom. The molecule has 4 aromatic rings. The third-order valence-corrected chi connectivity index (χ3v) is 14.0. The van der Waals surface area contributed by atoms with Crippen molar-refractivity contribution in [2.75, 3.05) is 31.2 Å². The summed E-state index contributed by atoms with van der Waals surface area (Å²) >= 11 is 0. The van der Waals surface area contributed by atoms with Crippen LogP contribution in [0.3, 0.4) is 0 Å². The Kier molecular flexibility index (Phi) is 14.7. The fourth-order valence-electron chi connectivity index (χ4n) is 10.5. The van der Waals surface area contributed by atoms with Gasteiger partial charge in [0.2, 0.25) is 17.5 Å². The molecule has 8 rings (SSSR count). The second-order valence-electron chi connectivity index (χ2n) is 19.1. The van der Waals surface area contributed by atoms with Gasteiger partial charge in [0.05, 0.1) is 25.0 Å². The zero-order chi connectivity index (χ0) is 49.4. The molecular weight excluding hydrogens is 885 g/mol. The molecule has 2 fully saturated rings.